The van der Waals surface area contributed by atoms with Crippen molar-refractivity contribution in [1.29, 1.82) is 0 Å². The van der Waals surface area contributed by atoms with Crippen molar-refractivity contribution in [3.05, 3.63) is 0 Å². The van der Waals surface area contributed by atoms with E-state index >= 15 is 0 Å². The number of methoxy groups -OCH3 is 1. The highest BCUT2D eigenvalue weighted by Crippen LogP contribution is 2.20. The number of carbonyl (C=O) groups excluding carboxylic acids is 2. The van der Waals surface area contributed by atoms with Gasteiger partial charge in [-0.2, -0.15) is 0 Å². The van der Waals surface area contributed by atoms with Crippen molar-refractivity contribution in [2.75, 3.05) is 20.2 Å². The molecule has 0 bridgehead atoms. The highest BCUT2D eigenvalue weighted by Gasteiger charge is 2.28. The lowest BCUT2D eigenvalue weighted by Gasteiger charge is -2.19. The highest BCUT2D eigenvalue weighted by molar-refractivity contribution is 5.83. The maximum Gasteiger partial charge on any atom is 0.328 e. The maximum absolute atomic E-state index is 11.9. The molecule has 1 saturated heterocycles. The maximum atomic E-state index is 11.9. The molecule has 0 aromatic carbocycles. The molecule has 7 nitrogen and oxygen atoms in total. The van der Waals surface area contributed by atoms with Crippen molar-refractivity contribution in [3.63, 3.8) is 0 Å². The number of nitrogens with zero attached hydrogens (tertiary/aromatic N) is 1. The predicted octanol–water partition coefficient (Wildman–Crippen LogP) is 0.444. The molecule has 0 aromatic rings. The van der Waals surface area contributed by atoms with Crippen LogP contribution in [0.4, 0.5) is 4.79 Å². The smallest absolute Gasteiger partial charge is 0.328 e. The lowest BCUT2D eigenvalue weighted by Crippen LogP contribution is -2.46. The molecule has 2 unspecified atom stereocenters. The third-order valence-corrected chi connectivity index (χ3v) is 3.23. The Bertz CT molecular complexity index is 358. The minimum Gasteiger partial charge on any atom is -0.481 e. The Kier molecular flexibility index (Phi) is 5.59. The second kappa shape index (κ2) is 6.96. The second-order valence-corrected chi connectivity index (χ2v) is 4.73. The van der Waals surface area contributed by atoms with Gasteiger partial charge in [0.1, 0.15) is 6.04 Å². The molecular formula is C12H20N2O5. The SMILES string of the molecule is COC(=O)C(C)NC(=O)N1CCC(CCC(=O)O)C1. The van der Waals surface area contributed by atoms with Gasteiger partial charge < -0.3 is 20.1 Å². The van der Waals surface area contributed by atoms with Gasteiger partial charge in [0, 0.05) is 19.5 Å². The number of hydrogen-bond donors (Lipinski definition) is 2. The summed E-state index contributed by atoms with van der Waals surface area (Å²) in [6.45, 7) is 2.68. The number of esters is 1. The van der Waals surface area contributed by atoms with Crippen LogP contribution in [0.1, 0.15) is 26.2 Å². The van der Waals surface area contributed by atoms with Gasteiger partial charge in [-0.05, 0) is 25.7 Å². The molecule has 108 valence electrons. The van der Waals surface area contributed by atoms with Crippen LogP contribution in [0.25, 0.3) is 0 Å². The lowest BCUT2D eigenvalue weighted by atomic mass is 10.0. The van der Waals surface area contributed by atoms with E-state index in [1.807, 2.05) is 0 Å². The first-order chi connectivity index (χ1) is 8.93. The van der Waals surface area contributed by atoms with E-state index in [1.54, 1.807) is 11.8 Å². The van der Waals surface area contributed by atoms with Crippen molar-refractivity contribution >= 4 is 18.0 Å². The van der Waals surface area contributed by atoms with E-state index in [2.05, 4.69) is 10.1 Å². The van der Waals surface area contributed by atoms with E-state index in [0.29, 0.717) is 19.5 Å². The van der Waals surface area contributed by atoms with Crippen LogP contribution in [-0.4, -0.2) is 54.2 Å². The summed E-state index contributed by atoms with van der Waals surface area (Å²) in [6, 6.07) is -0.994. The van der Waals surface area contributed by atoms with E-state index in [1.165, 1.54) is 7.11 Å². The average Bonchev–Trinajstić information content (AvgIpc) is 2.84. The van der Waals surface area contributed by atoms with Crippen LogP contribution in [-0.2, 0) is 14.3 Å². The van der Waals surface area contributed by atoms with Crippen LogP contribution in [0.3, 0.4) is 0 Å². The van der Waals surface area contributed by atoms with Crippen LogP contribution in [0.2, 0.25) is 0 Å². The third-order valence-electron chi connectivity index (χ3n) is 3.23. The van der Waals surface area contributed by atoms with E-state index in [-0.39, 0.29) is 18.4 Å². The summed E-state index contributed by atoms with van der Waals surface area (Å²) >= 11 is 0. The lowest BCUT2D eigenvalue weighted by molar-refractivity contribution is -0.142. The molecule has 19 heavy (non-hydrogen) atoms. The zero-order valence-electron chi connectivity index (χ0n) is 11.2. The minimum absolute atomic E-state index is 0.124. The van der Waals surface area contributed by atoms with E-state index in [0.717, 1.165) is 6.42 Å². The molecule has 2 atom stereocenters. The predicted molar refractivity (Wildman–Crippen MR) is 66.6 cm³/mol. The number of nitrogens with one attached hydrogen (secondary N) is 1. The molecule has 1 fully saturated rings. The van der Waals surface area contributed by atoms with Gasteiger partial charge in [-0.25, -0.2) is 9.59 Å². The number of carbonyl (C=O) groups is 3. The van der Waals surface area contributed by atoms with Gasteiger partial charge in [-0.3, -0.25) is 4.79 Å². The van der Waals surface area contributed by atoms with Gasteiger partial charge in [0.05, 0.1) is 7.11 Å². The summed E-state index contributed by atoms with van der Waals surface area (Å²) in [5.74, 6) is -1.09. The molecule has 0 aliphatic carbocycles. The number of carboxylic acids is 1. The van der Waals surface area contributed by atoms with Gasteiger partial charge in [-0.1, -0.05) is 0 Å². The summed E-state index contributed by atoms with van der Waals surface area (Å²) in [7, 11) is 1.27. The molecular weight excluding hydrogens is 252 g/mol. The number of ether oxygens (including phenoxy) is 1. The number of carboxylic acid groups (broad SMARTS) is 1. The standard InChI is InChI=1S/C12H20N2O5/c1-8(11(17)19-2)13-12(18)14-6-5-9(7-14)3-4-10(15)16/h8-9H,3-7H2,1-2H3,(H,13,18)(H,15,16). The first kappa shape index (κ1) is 15.3. The van der Waals surface area contributed by atoms with Crippen LogP contribution < -0.4 is 5.32 Å². The zero-order chi connectivity index (χ0) is 14.4. The number of rotatable bonds is 5. The minimum atomic E-state index is -0.817. The Hall–Kier alpha value is -1.79. The molecule has 1 rings (SSSR count). The zero-order valence-corrected chi connectivity index (χ0v) is 11.2. The molecule has 0 spiro atoms. The molecule has 0 radical (unpaired) electrons. The number of amides is 2. The Morgan fingerprint density at radius 1 is 1.47 bits per heavy atom. The largest absolute Gasteiger partial charge is 0.481 e. The summed E-state index contributed by atoms with van der Waals surface area (Å²) in [5.41, 5.74) is 0. The fourth-order valence-corrected chi connectivity index (χ4v) is 2.09. The molecule has 1 heterocycles. The van der Waals surface area contributed by atoms with Gasteiger partial charge in [-0.15, -0.1) is 0 Å². The number of hydrogen-bond acceptors (Lipinski definition) is 4. The monoisotopic (exact) mass is 272 g/mol. The highest BCUT2D eigenvalue weighted by atomic mass is 16.5. The second-order valence-electron chi connectivity index (χ2n) is 4.73. The van der Waals surface area contributed by atoms with Crippen molar-refractivity contribution in [2.45, 2.75) is 32.2 Å². The molecule has 0 saturated carbocycles. The molecule has 7 heteroatoms. The van der Waals surface area contributed by atoms with Gasteiger partial charge in [0.25, 0.3) is 0 Å². The van der Waals surface area contributed by atoms with Gasteiger partial charge in [0.2, 0.25) is 0 Å². The average molecular weight is 272 g/mol. The summed E-state index contributed by atoms with van der Waals surface area (Å²) in [5, 5.41) is 11.2. The Balaban J connectivity index is 2.35. The van der Waals surface area contributed by atoms with E-state index < -0.39 is 18.0 Å². The topological polar surface area (TPSA) is 95.9 Å². The number of urea groups is 1. The molecule has 1 aliphatic heterocycles. The van der Waals surface area contributed by atoms with Crippen molar-refractivity contribution in [3.8, 4) is 0 Å². The summed E-state index contributed by atoms with van der Waals surface area (Å²) in [4.78, 5) is 35.1. The first-order valence-electron chi connectivity index (χ1n) is 6.29. The van der Waals surface area contributed by atoms with Crippen LogP contribution in [0, 0.1) is 5.92 Å². The van der Waals surface area contributed by atoms with Gasteiger partial charge in [0.15, 0.2) is 0 Å². The van der Waals surface area contributed by atoms with Crippen molar-refractivity contribution < 1.29 is 24.2 Å². The molecule has 1 aliphatic rings. The van der Waals surface area contributed by atoms with Crippen molar-refractivity contribution in [2.24, 2.45) is 5.92 Å². The first-order valence-corrected chi connectivity index (χ1v) is 6.29. The Morgan fingerprint density at radius 2 is 2.16 bits per heavy atom. The van der Waals surface area contributed by atoms with E-state index in [4.69, 9.17) is 5.11 Å². The van der Waals surface area contributed by atoms with Gasteiger partial charge >= 0.3 is 18.0 Å². The van der Waals surface area contributed by atoms with Crippen LogP contribution in [0.5, 0.6) is 0 Å². The molecule has 2 N–H and O–H groups in total. The normalized spacial score (nSPS) is 19.9. The third kappa shape index (κ3) is 4.76. The van der Waals surface area contributed by atoms with Crippen LogP contribution in [0.15, 0.2) is 0 Å². The van der Waals surface area contributed by atoms with Crippen LogP contribution >= 0.6 is 0 Å². The molecule has 2 amide bonds. The fraction of sp³-hybridized carbons (Fsp3) is 0.750. The summed E-state index contributed by atoms with van der Waals surface area (Å²) < 4.78 is 4.52. The summed E-state index contributed by atoms with van der Waals surface area (Å²) in [6.07, 6.45) is 1.50. The number of likely N-dealkylation sites (tertiary alicyclic amines) is 1. The van der Waals surface area contributed by atoms with E-state index in [9.17, 15) is 14.4 Å². The Labute approximate surface area is 111 Å². The number of aliphatic carboxylic acids is 1. The quantitative estimate of drug-likeness (QED) is 0.708. The fourth-order valence-electron chi connectivity index (χ4n) is 2.09. The van der Waals surface area contributed by atoms with Crippen molar-refractivity contribution in [1.82, 2.24) is 10.2 Å². The Morgan fingerprint density at radius 3 is 2.74 bits per heavy atom. The molecule has 0 aromatic heterocycles.